The van der Waals surface area contributed by atoms with Crippen molar-refractivity contribution < 1.29 is 8.91 Å². The van der Waals surface area contributed by atoms with Crippen LogP contribution < -0.4 is 5.32 Å². The third-order valence-corrected chi connectivity index (χ3v) is 2.31. The zero-order chi connectivity index (χ0) is 11.4. The summed E-state index contributed by atoms with van der Waals surface area (Å²) in [6, 6.07) is 4.75. The third-order valence-electron chi connectivity index (χ3n) is 2.31. The van der Waals surface area contributed by atoms with Crippen LogP contribution in [0.3, 0.4) is 0 Å². The lowest BCUT2D eigenvalue weighted by Crippen LogP contribution is -2.14. The second-order valence-electron chi connectivity index (χ2n) is 3.52. The van der Waals surface area contributed by atoms with E-state index >= 15 is 0 Å². The number of rotatable bonds is 4. The molecule has 0 atom stereocenters. The molecule has 0 saturated heterocycles. The first-order valence-corrected chi connectivity index (χ1v) is 4.96. The van der Waals surface area contributed by atoms with E-state index in [9.17, 15) is 4.39 Å². The number of aromatic nitrogens is 2. The standard InChI is InChI=1S/C11H12FN3O/c1-8-4-10(12)3-2-9(8)5-13-6-11-14-7-16-15-11/h2-4,7,13H,5-6H2,1H3. The minimum Gasteiger partial charge on any atom is -0.343 e. The topological polar surface area (TPSA) is 51.0 Å². The molecule has 1 aromatic carbocycles. The Morgan fingerprint density at radius 2 is 2.25 bits per heavy atom. The Morgan fingerprint density at radius 1 is 1.38 bits per heavy atom. The maximum atomic E-state index is 12.8. The Morgan fingerprint density at radius 3 is 2.94 bits per heavy atom. The van der Waals surface area contributed by atoms with Gasteiger partial charge in [-0.25, -0.2) is 4.39 Å². The van der Waals surface area contributed by atoms with Crippen LogP contribution in [0.2, 0.25) is 0 Å². The van der Waals surface area contributed by atoms with Gasteiger partial charge < -0.3 is 9.84 Å². The van der Waals surface area contributed by atoms with E-state index in [0.29, 0.717) is 18.9 Å². The summed E-state index contributed by atoms with van der Waals surface area (Å²) < 4.78 is 17.4. The van der Waals surface area contributed by atoms with E-state index in [2.05, 4.69) is 20.0 Å². The van der Waals surface area contributed by atoms with Gasteiger partial charge in [0.1, 0.15) is 5.82 Å². The molecular weight excluding hydrogens is 209 g/mol. The van der Waals surface area contributed by atoms with Gasteiger partial charge in [-0.1, -0.05) is 11.2 Å². The lowest BCUT2D eigenvalue weighted by atomic mass is 10.1. The van der Waals surface area contributed by atoms with Crippen LogP contribution in [0.1, 0.15) is 17.0 Å². The van der Waals surface area contributed by atoms with E-state index in [1.807, 2.05) is 6.92 Å². The SMILES string of the molecule is Cc1cc(F)ccc1CNCc1ncon1. The smallest absolute Gasteiger partial charge is 0.213 e. The summed E-state index contributed by atoms with van der Waals surface area (Å²) in [7, 11) is 0. The van der Waals surface area contributed by atoms with Crippen molar-refractivity contribution in [1.29, 1.82) is 0 Å². The highest BCUT2D eigenvalue weighted by Gasteiger charge is 2.01. The van der Waals surface area contributed by atoms with Crippen LogP contribution >= 0.6 is 0 Å². The van der Waals surface area contributed by atoms with Gasteiger partial charge in [-0.15, -0.1) is 0 Å². The van der Waals surface area contributed by atoms with Crippen LogP contribution in [0.15, 0.2) is 29.1 Å². The zero-order valence-electron chi connectivity index (χ0n) is 8.90. The molecule has 1 heterocycles. The minimum absolute atomic E-state index is 0.209. The van der Waals surface area contributed by atoms with Crippen molar-refractivity contribution in [2.45, 2.75) is 20.0 Å². The maximum Gasteiger partial charge on any atom is 0.213 e. The van der Waals surface area contributed by atoms with Gasteiger partial charge in [-0.3, -0.25) is 0 Å². The number of hydrogen-bond acceptors (Lipinski definition) is 4. The fourth-order valence-electron chi connectivity index (χ4n) is 1.44. The molecule has 84 valence electrons. The summed E-state index contributed by atoms with van der Waals surface area (Å²) in [6.07, 6.45) is 1.29. The number of benzene rings is 1. The van der Waals surface area contributed by atoms with Crippen molar-refractivity contribution in [2.75, 3.05) is 0 Å². The molecule has 0 amide bonds. The van der Waals surface area contributed by atoms with Crippen LogP contribution in [-0.2, 0) is 13.1 Å². The average Bonchev–Trinajstić information content (AvgIpc) is 2.74. The molecule has 0 aliphatic heterocycles. The number of hydrogen-bond donors (Lipinski definition) is 1. The zero-order valence-corrected chi connectivity index (χ0v) is 8.90. The second kappa shape index (κ2) is 4.85. The molecule has 16 heavy (non-hydrogen) atoms. The van der Waals surface area contributed by atoms with Gasteiger partial charge in [-0.2, -0.15) is 4.98 Å². The summed E-state index contributed by atoms with van der Waals surface area (Å²) in [6.45, 7) is 3.07. The molecule has 0 spiro atoms. The number of aryl methyl sites for hydroxylation is 1. The number of nitrogens with zero attached hydrogens (tertiary/aromatic N) is 2. The Hall–Kier alpha value is -1.75. The van der Waals surface area contributed by atoms with Crippen LogP contribution in [-0.4, -0.2) is 10.1 Å². The third kappa shape index (κ3) is 2.64. The molecule has 2 aromatic rings. The highest BCUT2D eigenvalue weighted by Crippen LogP contribution is 2.09. The molecule has 2 rings (SSSR count). The van der Waals surface area contributed by atoms with Crippen molar-refractivity contribution in [3.8, 4) is 0 Å². The van der Waals surface area contributed by atoms with Gasteiger partial charge in [0.2, 0.25) is 6.39 Å². The Labute approximate surface area is 92.5 Å². The Bertz CT molecular complexity index is 456. The van der Waals surface area contributed by atoms with Crippen LogP contribution in [0.4, 0.5) is 4.39 Å². The largest absolute Gasteiger partial charge is 0.343 e. The number of halogens is 1. The molecule has 0 radical (unpaired) electrons. The van der Waals surface area contributed by atoms with E-state index in [1.54, 1.807) is 6.07 Å². The minimum atomic E-state index is -0.209. The van der Waals surface area contributed by atoms with Gasteiger partial charge in [0, 0.05) is 6.54 Å². The van der Waals surface area contributed by atoms with Crippen LogP contribution in [0.25, 0.3) is 0 Å². The highest BCUT2D eigenvalue weighted by molar-refractivity contribution is 5.26. The monoisotopic (exact) mass is 221 g/mol. The van der Waals surface area contributed by atoms with Gasteiger partial charge in [0.15, 0.2) is 5.82 Å². The summed E-state index contributed by atoms with van der Waals surface area (Å²) in [5.74, 6) is 0.402. The van der Waals surface area contributed by atoms with Crippen molar-refractivity contribution in [1.82, 2.24) is 15.5 Å². The Balaban J connectivity index is 1.90. The molecule has 0 aliphatic rings. The van der Waals surface area contributed by atoms with Gasteiger partial charge in [0.25, 0.3) is 0 Å². The molecule has 4 nitrogen and oxygen atoms in total. The van der Waals surface area contributed by atoms with Gasteiger partial charge in [-0.05, 0) is 30.2 Å². The summed E-state index contributed by atoms with van der Waals surface area (Å²) in [4.78, 5) is 3.88. The summed E-state index contributed by atoms with van der Waals surface area (Å²) >= 11 is 0. The molecule has 0 saturated carbocycles. The first kappa shape index (κ1) is 10.8. The van der Waals surface area contributed by atoms with Crippen LogP contribution in [0.5, 0.6) is 0 Å². The van der Waals surface area contributed by atoms with Gasteiger partial charge in [0.05, 0.1) is 6.54 Å². The number of nitrogens with one attached hydrogen (secondary N) is 1. The lowest BCUT2D eigenvalue weighted by Gasteiger charge is -2.06. The predicted molar refractivity (Wildman–Crippen MR) is 56.0 cm³/mol. The van der Waals surface area contributed by atoms with E-state index in [0.717, 1.165) is 11.1 Å². The van der Waals surface area contributed by atoms with Crippen LogP contribution in [0, 0.1) is 12.7 Å². The summed E-state index contributed by atoms with van der Waals surface area (Å²) in [5.41, 5.74) is 1.99. The second-order valence-corrected chi connectivity index (χ2v) is 3.52. The molecular formula is C11H12FN3O. The normalized spacial score (nSPS) is 10.6. The van der Waals surface area contributed by atoms with Crippen molar-refractivity contribution in [2.24, 2.45) is 0 Å². The lowest BCUT2D eigenvalue weighted by molar-refractivity contribution is 0.407. The fourth-order valence-corrected chi connectivity index (χ4v) is 1.44. The molecule has 0 fully saturated rings. The maximum absolute atomic E-state index is 12.8. The van der Waals surface area contributed by atoms with E-state index < -0.39 is 0 Å². The Kier molecular flexibility index (Phi) is 3.26. The molecule has 0 bridgehead atoms. The van der Waals surface area contributed by atoms with E-state index in [1.165, 1.54) is 18.5 Å². The van der Waals surface area contributed by atoms with Crippen molar-refractivity contribution >= 4 is 0 Å². The first-order valence-electron chi connectivity index (χ1n) is 4.96. The summed E-state index contributed by atoms with van der Waals surface area (Å²) in [5, 5.41) is 6.83. The van der Waals surface area contributed by atoms with Crippen molar-refractivity contribution in [3.05, 3.63) is 47.4 Å². The van der Waals surface area contributed by atoms with Crippen molar-refractivity contribution in [3.63, 3.8) is 0 Å². The predicted octanol–water partition coefficient (Wildman–Crippen LogP) is 1.81. The highest BCUT2D eigenvalue weighted by atomic mass is 19.1. The average molecular weight is 221 g/mol. The molecule has 1 N–H and O–H groups in total. The van der Waals surface area contributed by atoms with Gasteiger partial charge >= 0.3 is 0 Å². The van der Waals surface area contributed by atoms with E-state index in [-0.39, 0.29) is 5.82 Å². The molecule has 1 aromatic heterocycles. The first-order chi connectivity index (χ1) is 7.75. The molecule has 5 heteroatoms. The fraction of sp³-hybridized carbons (Fsp3) is 0.273. The quantitative estimate of drug-likeness (QED) is 0.855. The molecule has 0 aliphatic carbocycles. The van der Waals surface area contributed by atoms with E-state index in [4.69, 9.17) is 0 Å². The molecule has 0 unspecified atom stereocenters.